The zero-order valence-corrected chi connectivity index (χ0v) is 8.03. The molecule has 0 aliphatic heterocycles. The molecule has 2 aliphatic carbocycles. The van der Waals surface area contributed by atoms with Crippen LogP contribution in [-0.4, -0.2) is 9.96 Å². The van der Waals surface area contributed by atoms with Crippen LogP contribution in [0.25, 0.3) is 0 Å². The van der Waals surface area contributed by atoms with E-state index in [9.17, 15) is 4.21 Å². The Balaban J connectivity index is 1.92. The van der Waals surface area contributed by atoms with Gasteiger partial charge in [0.15, 0.2) is 0 Å². The van der Waals surface area contributed by atoms with Crippen LogP contribution in [0, 0.1) is 17.8 Å². The topological polar surface area (TPSA) is 17.1 Å². The summed E-state index contributed by atoms with van der Waals surface area (Å²) in [6.45, 7) is 0. The van der Waals surface area contributed by atoms with Crippen molar-refractivity contribution in [1.29, 1.82) is 0 Å². The van der Waals surface area contributed by atoms with Crippen LogP contribution < -0.4 is 0 Å². The first kappa shape index (κ1) is 8.06. The highest BCUT2D eigenvalue weighted by atomic mass is 35.7. The number of hydrogen-bond donors (Lipinski definition) is 0. The second-order valence-corrected chi connectivity index (χ2v) is 5.84. The molecule has 0 N–H and O–H groups in total. The first-order valence-electron chi connectivity index (χ1n) is 4.30. The lowest BCUT2D eigenvalue weighted by Crippen LogP contribution is -2.15. The fraction of sp³-hybridized carbons (Fsp3) is 1.00. The van der Waals surface area contributed by atoms with Gasteiger partial charge in [-0.05, 0) is 47.7 Å². The van der Waals surface area contributed by atoms with E-state index in [1.165, 1.54) is 25.7 Å². The second kappa shape index (κ2) is 3.06. The Bertz CT molecular complexity index is 183. The monoisotopic (exact) mass is 192 g/mol. The Morgan fingerprint density at radius 3 is 2.64 bits per heavy atom. The summed E-state index contributed by atoms with van der Waals surface area (Å²) in [5.41, 5.74) is 0. The van der Waals surface area contributed by atoms with Crippen LogP contribution in [0.4, 0.5) is 0 Å². The maximum Gasteiger partial charge on any atom is 0.115 e. The first-order valence-corrected chi connectivity index (χ1v) is 6.45. The summed E-state index contributed by atoms with van der Waals surface area (Å²) >= 11 is 0. The molecule has 11 heavy (non-hydrogen) atoms. The third-order valence-corrected chi connectivity index (χ3v) is 4.30. The molecular weight excluding hydrogens is 180 g/mol. The van der Waals surface area contributed by atoms with Crippen molar-refractivity contribution in [2.45, 2.75) is 25.7 Å². The smallest absolute Gasteiger partial charge is 0.115 e. The van der Waals surface area contributed by atoms with Crippen molar-refractivity contribution in [2.75, 3.05) is 5.75 Å². The highest BCUT2D eigenvalue weighted by Gasteiger charge is 2.39. The quantitative estimate of drug-likeness (QED) is 0.614. The van der Waals surface area contributed by atoms with Gasteiger partial charge in [-0.3, -0.25) is 0 Å². The van der Waals surface area contributed by atoms with Crippen molar-refractivity contribution in [2.24, 2.45) is 17.8 Å². The third kappa shape index (κ3) is 1.62. The lowest BCUT2D eigenvalue weighted by molar-refractivity contribution is 0.364. The molecule has 0 radical (unpaired) electrons. The van der Waals surface area contributed by atoms with Crippen molar-refractivity contribution in [3.05, 3.63) is 0 Å². The Labute approximate surface area is 74.5 Å². The van der Waals surface area contributed by atoms with Gasteiger partial charge in [-0.2, -0.15) is 0 Å². The van der Waals surface area contributed by atoms with E-state index in [2.05, 4.69) is 0 Å². The molecule has 4 unspecified atom stereocenters. The predicted molar refractivity (Wildman–Crippen MR) is 47.8 cm³/mol. The highest BCUT2D eigenvalue weighted by molar-refractivity contribution is 8.08. The molecule has 2 bridgehead atoms. The van der Waals surface area contributed by atoms with Crippen molar-refractivity contribution in [3.8, 4) is 0 Å². The van der Waals surface area contributed by atoms with Gasteiger partial charge in [0.2, 0.25) is 0 Å². The van der Waals surface area contributed by atoms with E-state index < -0.39 is 10.0 Å². The molecule has 0 saturated heterocycles. The normalized spacial score (nSPS) is 44.6. The summed E-state index contributed by atoms with van der Waals surface area (Å²) in [5.74, 6) is 3.24. The third-order valence-electron chi connectivity index (χ3n) is 3.23. The van der Waals surface area contributed by atoms with Crippen LogP contribution in [0.2, 0.25) is 0 Å². The minimum absolute atomic E-state index is 0.687. The lowest BCUT2D eigenvalue weighted by Gasteiger charge is -2.19. The van der Waals surface area contributed by atoms with Gasteiger partial charge in [0.05, 0.1) is 0 Å². The van der Waals surface area contributed by atoms with Crippen molar-refractivity contribution in [3.63, 3.8) is 0 Å². The molecule has 2 fully saturated rings. The molecule has 2 aliphatic rings. The summed E-state index contributed by atoms with van der Waals surface area (Å²) in [4.78, 5) is 0. The molecule has 0 aromatic carbocycles. The van der Waals surface area contributed by atoms with E-state index in [4.69, 9.17) is 10.7 Å². The van der Waals surface area contributed by atoms with Crippen LogP contribution in [0.15, 0.2) is 0 Å². The fourth-order valence-corrected chi connectivity index (χ4v) is 3.98. The molecule has 2 rings (SSSR count). The SMILES string of the molecule is O=S(Cl)CC1CC2CCC1C2. The van der Waals surface area contributed by atoms with E-state index in [1.807, 2.05) is 0 Å². The van der Waals surface area contributed by atoms with Crippen molar-refractivity contribution < 1.29 is 4.21 Å². The minimum atomic E-state index is -1.08. The Hall–Kier alpha value is 0.440. The van der Waals surface area contributed by atoms with Gasteiger partial charge in [0, 0.05) is 5.75 Å². The minimum Gasteiger partial charge on any atom is -0.243 e. The summed E-state index contributed by atoms with van der Waals surface area (Å²) in [7, 11) is 4.38. The molecule has 3 heteroatoms. The van der Waals surface area contributed by atoms with Gasteiger partial charge < -0.3 is 0 Å². The van der Waals surface area contributed by atoms with Gasteiger partial charge in [-0.1, -0.05) is 6.42 Å². The zero-order chi connectivity index (χ0) is 7.84. The van der Waals surface area contributed by atoms with E-state index in [-0.39, 0.29) is 0 Å². The lowest BCUT2D eigenvalue weighted by atomic mass is 9.90. The number of halogens is 1. The molecule has 0 spiro atoms. The van der Waals surface area contributed by atoms with Crippen LogP contribution in [0.5, 0.6) is 0 Å². The highest BCUT2D eigenvalue weighted by Crippen LogP contribution is 2.48. The summed E-state index contributed by atoms with van der Waals surface area (Å²) in [6, 6.07) is 0. The summed E-state index contributed by atoms with van der Waals surface area (Å²) in [6.07, 6.45) is 5.46. The molecular formula is C8H13ClOS. The van der Waals surface area contributed by atoms with Crippen LogP contribution in [0.3, 0.4) is 0 Å². The average Bonchev–Trinajstić information content (AvgIpc) is 2.45. The molecule has 0 heterocycles. The zero-order valence-electron chi connectivity index (χ0n) is 6.46. The van der Waals surface area contributed by atoms with Crippen molar-refractivity contribution >= 4 is 20.7 Å². The average molecular weight is 193 g/mol. The van der Waals surface area contributed by atoms with Gasteiger partial charge >= 0.3 is 0 Å². The molecule has 1 nitrogen and oxygen atoms in total. The van der Waals surface area contributed by atoms with Crippen molar-refractivity contribution in [1.82, 2.24) is 0 Å². The molecule has 0 amide bonds. The molecule has 0 aromatic rings. The fourth-order valence-electron chi connectivity index (χ4n) is 2.75. The molecule has 4 atom stereocenters. The molecule has 64 valence electrons. The van der Waals surface area contributed by atoms with Crippen LogP contribution >= 0.6 is 10.7 Å². The first-order chi connectivity index (χ1) is 5.25. The van der Waals surface area contributed by atoms with Gasteiger partial charge in [-0.25, -0.2) is 4.21 Å². The van der Waals surface area contributed by atoms with E-state index in [0.29, 0.717) is 5.92 Å². The largest absolute Gasteiger partial charge is 0.243 e. The Kier molecular flexibility index (Phi) is 2.24. The maximum absolute atomic E-state index is 10.8. The molecule has 2 saturated carbocycles. The van der Waals surface area contributed by atoms with Gasteiger partial charge in [-0.15, -0.1) is 0 Å². The van der Waals surface area contributed by atoms with Crippen LogP contribution in [-0.2, 0) is 10.0 Å². The maximum atomic E-state index is 10.8. The number of rotatable bonds is 2. The second-order valence-electron chi connectivity index (χ2n) is 3.89. The summed E-state index contributed by atoms with van der Waals surface area (Å²) in [5, 5.41) is 0. The predicted octanol–water partition coefficient (Wildman–Crippen LogP) is 2.33. The Morgan fingerprint density at radius 2 is 2.18 bits per heavy atom. The Morgan fingerprint density at radius 1 is 1.36 bits per heavy atom. The number of fused-ring (bicyclic) bond motifs is 2. The summed E-state index contributed by atoms with van der Waals surface area (Å²) < 4.78 is 10.8. The van der Waals surface area contributed by atoms with E-state index >= 15 is 0 Å². The van der Waals surface area contributed by atoms with Gasteiger partial charge in [0.25, 0.3) is 0 Å². The number of hydrogen-bond acceptors (Lipinski definition) is 1. The van der Waals surface area contributed by atoms with Gasteiger partial charge in [0.1, 0.15) is 10.0 Å². The van der Waals surface area contributed by atoms with E-state index in [0.717, 1.165) is 17.6 Å². The molecule has 0 aromatic heterocycles. The van der Waals surface area contributed by atoms with E-state index in [1.54, 1.807) is 0 Å². The standard InChI is InChI=1S/C8H13ClOS/c9-11(10)5-8-4-6-1-2-7(8)3-6/h6-8H,1-5H2. The van der Waals surface area contributed by atoms with Crippen LogP contribution in [0.1, 0.15) is 25.7 Å².